The van der Waals surface area contributed by atoms with Gasteiger partial charge in [-0.1, -0.05) is 6.07 Å². The Kier molecular flexibility index (Phi) is 3.90. The number of nitrogens with one attached hydrogen (secondary N) is 2. The van der Waals surface area contributed by atoms with Crippen LogP contribution in [-0.4, -0.2) is 16.9 Å². The van der Waals surface area contributed by atoms with Gasteiger partial charge in [-0.25, -0.2) is 0 Å². The Labute approximate surface area is 113 Å². The highest BCUT2D eigenvalue weighted by Gasteiger charge is 2.07. The first-order chi connectivity index (χ1) is 8.97. The zero-order chi connectivity index (χ0) is 14.0. The molecule has 0 fully saturated rings. The van der Waals surface area contributed by atoms with Crippen LogP contribution in [-0.2, 0) is 11.3 Å². The van der Waals surface area contributed by atoms with Crippen molar-refractivity contribution in [3.63, 3.8) is 0 Å². The number of rotatable bonds is 4. The number of benzene rings is 1. The quantitative estimate of drug-likeness (QED) is 0.787. The second kappa shape index (κ2) is 5.45. The fourth-order valence-electron chi connectivity index (χ4n) is 2.18. The lowest BCUT2D eigenvalue weighted by molar-refractivity contribution is -0.121. The topological polar surface area (TPSA) is 70.9 Å². The first kappa shape index (κ1) is 13.6. The molecule has 0 aliphatic carbocycles. The molecule has 1 aromatic carbocycles. The maximum Gasteiger partial charge on any atom is 0.221 e. The Morgan fingerprint density at radius 3 is 2.84 bits per heavy atom. The van der Waals surface area contributed by atoms with E-state index < -0.39 is 0 Å². The van der Waals surface area contributed by atoms with Crippen LogP contribution in [0.3, 0.4) is 0 Å². The lowest BCUT2D eigenvalue weighted by atomic mass is 10.1. The van der Waals surface area contributed by atoms with Crippen LogP contribution in [0.1, 0.15) is 30.2 Å². The minimum absolute atomic E-state index is 0.00271. The van der Waals surface area contributed by atoms with E-state index in [-0.39, 0.29) is 11.9 Å². The second-order valence-corrected chi connectivity index (χ2v) is 5.21. The zero-order valence-corrected chi connectivity index (χ0v) is 11.7. The minimum Gasteiger partial charge on any atom is -0.358 e. The summed E-state index contributed by atoms with van der Waals surface area (Å²) in [5, 5.41) is 4.11. The first-order valence-electron chi connectivity index (χ1n) is 6.57. The van der Waals surface area contributed by atoms with Crippen molar-refractivity contribution in [2.24, 2.45) is 5.73 Å². The first-order valence-corrected chi connectivity index (χ1v) is 6.57. The number of aromatic nitrogens is 1. The van der Waals surface area contributed by atoms with E-state index in [0.29, 0.717) is 13.0 Å². The zero-order valence-electron chi connectivity index (χ0n) is 11.7. The molecule has 1 heterocycles. The number of carbonyl (C=O) groups excluding carboxylic acids is 1. The molecule has 1 amide bonds. The molecule has 0 bridgehead atoms. The number of nitrogens with two attached hydrogens (primary N) is 1. The van der Waals surface area contributed by atoms with Crippen molar-refractivity contribution in [2.45, 2.75) is 39.8 Å². The molecular formula is C15H21N3O. The number of hydrogen-bond donors (Lipinski definition) is 3. The van der Waals surface area contributed by atoms with Crippen LogP contribution < -0.4 is 11.1 Å². The summed E-state index contributed by atoms with van der Waals surface area (Å²) < 4.78 is 0. The molecule has 2 rings (SSSR count). The largest absolute Gasteiger partial charge is 0.358 e. The van der Waals surface area contributed by atoms with E-state index in [2.05, 4.69) is 36.3 Å². The molecule has 4 nitrogen and oxygen atoms in total. The molecule has 0 aliphatic heterocycles. The van der Waals surface area contributed by atoms with Gasteiger partial charge in [-0.2, -0.15) is 0 Å². The number of fused-ring (bicyclic) bond motifs is 1. The van der Waals surface area contributed by atoms with Crippen LogP contribution >= 0.6 is 0 Å². The predicted molar refractivity (Wildman–Crippen MR) is 77.9 cm³/mol. The highest BCUT2D eigenvalue weighted by molar-refractivity contribution is 5.85. The van der Waals surface area contributed by atoms with Crippen LogP contribution in [0.2, 0.25) is 0 Å². The Morgan fingerprint density at radius 2 is 2.16 bits per heavy atom. The van der Waals surface area contributed by atoms with Crippen LogP contribution in [0.5, 0.6) is 0 Å². The summed E-state index contributed by atoms with van der Waals surface area (Å²) in [5.41, 5.74) is 10.3. The van der Waals surface area contributed by atoms with Crippen molar-refractivity contribution in [1.82, 2.24) is 10.3 Å². The number of H-pyrrole nitrogens is 1. The average Bonchev–Trinajstić information content (AvgIpc) is 2.62. The molecule has 1 atom stereocenters. The second-order valence-electron chi connectivity index (χ2n) is 5.21. The van der Waals surface area contributed by atoms with Gasteiger partial charge in [0.05, 0.1) is 0 Å². The maximum atomic E-state index is 11.6. The van der Waals surface area contributed by atoms with Crippen LogP contribution in [0, 0.1) is 13.8 Å². The molecule has 102 valence electrons. The van der Waals surface area contributed by atoms with Gasteiger partial charge in [0.15, 0.2) is 0 Å². The predicted octanol–water partition coefficient (Wildman–Crippen LogP) is 2.14. The molecule has 4 heteroatoms. The molecule has 0 aliphatic rings. The Morgan fingerprint density at radius 1 is 1.42 bits per heavy atom. The van der Waals surface area contributed by atoms with Crippen molar-refractivity contribution >= 4 is 16.8 Å². The van der Waals surface area contributed by atoms with Crippen LogP contribution in [0.25, 0.3) is 10.9 Å². The number of aromatic amines is 1. The van der Waals surface area contributed by atoms with Crippen LogP contribution in [0.15, 0.2) is 18.2 Å². The van der Waals surface area contributed by atoms with Gasteiger partial charge in [0.2, 0.25) is 5.91 Å². The third-order valence-electron chi connectivity index (χ3n) is 3.37. The van der Waals surface area contributed by atoms with Gasteiger partial charge in [0, 0.05) is 35.6 Å². The average molecular weight is 259 g/mol. The van der Waals surface area contributed by atoms with Gasteiger partial charge in [-0.3, -0.25) is 4.79 Å². The number of amides is 1. The molecular weight excluding hydrogens is 238 g/mol. The highest BCUT2D eigenvalue weighted by atomic mass is 16.1. The van der Waals surface area contributed by atoms with Gasteiger partial charge < -0.3 is 16.0 Å². The van der Waals surface area contributed by atoms with Crippen molar-refractivity contribution in [3.8, 4) is 0 Å². The van der Waals surface area contributed by atoms with Crippen molar-refractivity contribution in [2.75, 3.05) is 0 Å². The molecule has 19 heavy (non-hydrogen) atoms. The summed E-state index contributed by atoms with van der Waals surface area (Å²) in [6.45, 7) is 6.55. The Balaban J connectivity index is 2.09. The molecule has 2 aromatic rings. The summed E-state index contributed by atoms with van der Waals surface area (Å²) in [7, 11) is 0. The van der Waals surface area contributed by atoms with Gasteiger partial charge in [-0.05, 0) is 44.0 Å². The third-order valence-corrected chi connectivity index (χ3v) is 3.37. The number of aryl methyl sites for hydroxylation is 2. The fraction of sp³-hybridized carbons (Fsp3) is 0.400. The van der Waals surface area contributed by atoms with E-state index in [1.807, 2.05) is 13.0 Å². The van der Waals surface area contributed by atoms with Crippen molar-refractivity contribution in [1.29, 1.82) is 0 Å². The van der Waals surface area contributed by atoms with Crippen LogP contribution in [0.4, 0.5) is 0 Å². The summed E-state index contributed by atoms with van der Waals surface area (Å²) in [6, 6.07) is 6.11. The van der Waals surface area contributed by atoms with Gasteiger partial charge in [0.25, 0.3) is 0 Å². The smallest absolute Gasteiger partial charge is 0.221 e. The van der Waals surface area contributed by atoms with E-state index in [1.165, 1.54) is 16.6 Å². The lowest BCUT2D eigenvalue weighted by Gasteiger charge is -2.07. The lowest BCUT2D eigenvalue weighted by Crippen LogP contribution is -2.29. The fourth-order valence-corrected chi connectivity index (χ4v) is 2.18. The summed E-state index contributed by atoms with van der Waals surface area (Å²) in [6.07, 6.45) is 0.366. The number of carbonyl (C=O) groups is 1. The molecule has 1 unspecified atom stereocenters. The molecule has 0 saturated heterocycles. The number of hydrogen-bond acceptors (Lipinski definition) is 2. The maximum absolute atomic E-state index is 11.6. The summed E-state index contributed by atoms with van der Waals surface area (Å²) in [5.74, 6) is -0.00271. The van der Waals surface area contributed by atoms with E-state index in [9.17, 15) is 4.79 Å². The van der Waals surface area contributed by atoms with E-state index in [4.69, 9.17) is 5.73 Å². The highest BCUT2D eigenvalue weighted by Crippen LogP contribution is 2.22. The molecule has 0 saturated carbocycles. The minimum atomic E-state index is -0.1000. The van der Waals surface area contributed by atoms with E-state index in [0.717, 1.165) is 11.1 Å². The molecule has 1 aromatic heterocycles. The monoisotopic (exact) mass is 259 g/mol. The normalized spacial score (nSPS) is 12.6. The SMILES string of the molecule is Cc1[nH]c2ccc(CNC(=O)CC(C)N)cc2c1C. The summed E-state index contributed by atoms with van der Waals surface area (Å²) >= 11 is 0. The molecule has 0 spiro atoms. The Hall–Kier alpha value is -1.81. The molecule has 0 radical (unpaired) electrons. The van der Waals surface area contributed by atoms with Gasteiger partial charge in [0.1, 0.15) is 0 Å². The summed E-state index contributed by atoms with van der Waals surface area (Å²) in [4.78, 5) is 14.9. The Bertz CT molecular complexity index is 599. The third kappa shape index (κ3) is 3.15. The van der Waals surface area contributed by atoms with E-state index >= 15 is 0 Å². The van der Waals surface area contributed by atoms with Crippen molar-refractivity contribution < 1.29 is 4.79 Å². The van der Waals surface area contributed by atoms with E-state index in [1.54, 1.807) is 0 Å². The molecule has 4 N–H and O–H groups in total. The van der Waals surface area contributed by atoms with Crippen molar-refractivity contribution in [3.05, 3.63) is 35.0 Å². The van der Waals surface area contributed by atoms with Gasteiger partial charge in [-0.15, -0.1) is 0 Å². The van der Waals surface area contributed by atoms with Gasteiger partial charge >= 0.3 is 0 Å². The standard InChI is InChI=1S/C15H21N3O/c1-9(16)6-15(19)17-8-12-4-5-14-13(7-12)10(2)11(3)18-14/h4-5,7,9,18H,6,8,16H2,1-3H3,(H,17,19).